The van der Waals surface area contributed by atoms with Gasteiger partial charge in [0.25, 0.3) is 0 Å². The van der Waals surface area contributed by atoms with Crippen LogP contribution in [0.3, 0.4) is 0 Å². The van der Waals surface area contributed by atoms with Gasteiger partial charge in [-0.25, -0.2) is 0 Å². The third-order valence-corrected chi connectivity index (χ3v) is 4.13. The van der Waals surface area contributed by atoms with Crippen LogP contribution in [0, 0.1) is 5.92 Å². The molecule has 3 nitrogen and oxygen atoms in total. The summed E-state index contributed by atoms with van der Waals surface area (Å²) in [4.78, 5) is 11.1. The standard InChI is InChI=1S/C13H15NO2/c1-12(14)7-13(6-10(13)11(15)16)9-5-3-2-4-8(9)12/h2-5,10H,6-7,14H2,1H3,(H,15,16). The second-order valence-electron chi connectivity index (χ2n) is 5.39. The number of fused-ring (bicyclic) bond motifs is 2. The zero-order chi connectivity index (χ0) is 11.6. The summed E-state index contributed by atoms with van der Waals surface area (Å²) in [5.41, 5.74) is 8.01. The topological polar surface area (TPSA) is 63.3 Å². The fourth-order valence-corrected chi connectivity index (χ4v) is 3.38. The molecule has 3 atom stereocenters. The third kappa shape index (κ3) is 1.04. The zero-order valence-electron chi connectivity index (χ0n) is 9.23. The summed E-state index contributed by atoms with van der Waals surface area (Å²) in [6, 6.07) is 8.01. The van der Waals surface area contributed by atoms with Gasteiger partial charge in [0.05, 0.1) is 5.92 Å². The summed E-state index contributed by atoms with van der Waals surface area (Å²) in [6.07, 6.45) is 1.50. The van der Waals surface area contributed by atoms with E-state index >= 15 is 0 Å². The summed E-state index contributed by atoms with van der Waals surface area (Å²) in [7, 11) is 0. The van der Waals surface area contributed by atoms with Crippen molar-refractivity contribution < 1.29 is 9.90 Å². The normalized spacial score (nSPS) is 39.8. The van der Waals surface area contributed by atoms with Crippen LogP contribution in [0.25, 0.3) is 0 Å². The lowest BCUT2D eigenvalue weighted by Crippen LogP contribution is -2.31. The van der Waals surface area contributed by atoms with E-state index < -0.39 is 5.97 Å². The highest BCUT2D eigenvalue weighted by atomic mass is 16.4. The molecule has 0 aliphatic heterocycles. The zero-order valence-corrected chi connectivity index (χ0v) is 9.23. The maximum atomic E-state index is 11.1. The Bertz CT molecular complexity index is 481. The Kier molecular flexibility index (Phi) is 1.64. The highest BCUT2D eigenvalue weighted by Gasteiger charge is 2.65. The molecule has 1 fully saturated rings. The molecule has 0 aromatic heterocycles. The van der Waals surface area contributed by atoms with Gasteiger partial charge < -0.3 is 10.8 Å². The van der Waals surface area contributed by atoms with Crippen LogP contribution >= 0.6 is 0 Å². The summed E-state index contributed by atoms with van der Waals surface area (Å²) in [5.74, 6) is -0.925. The van der Waals surface area contributed by atoms with E-state index in [0.29, 0.717) is 0 Å². The summed E-state index contributed by atoms with van der Waals surface area (Å²) < 4.78 is 0. The van der Waals surface area contributed by atoms with Crippen molar-refractivity contribution in [1.82, 2.24) is 0 Å². The van der Waals surface area contributed by atoms with E-state index in [1.54, 1.807) is 0 Å². The molecule has 0 saturated heterocycles. The molecule has 3 N–H and O–H groups in total. The van der Waals surface area contributed by atoms with Gasteiger partial charge in [-0.3, -0.25) is 4.79 Å². The van der Waals surface area contributed by atoms with Crippen molar-refractivity contribution in [2.75, 3.05) is 0 Å². The van der Waals surface area contributed by atoms with Crippen molar-refractivity contribution in [1.29, 1.82) is 0 Å². The number of hydrogen-bond donors (Lipinski definition) is 2. The van der Waals surface area contributed by atoms with E-state index in [1.807, 2.05) is 31.2 Å². The van der Waals surface area contributed by atoms with E-state index in [4.69, 9.17) is 10.8 Å². The maximum absolute atomic E-state index is 11.1. The number of carboxylic acid groups (broad SMARTS) is 1. The Morgan fingerprint density at radius 3 is 2.62 bits per heavy atom. The number of carbonyl (C=O) groups is 1. The number of hydrogen-bond acceptors (Lipinski definition) is 2. The van der Waals surface area contributed by atoms with Crippen LogP contribution in [0.4, 0.5) is 0 Å². The summed E-state index contributed by atoms with van der Waals surface area (Å²) in [5, 5.41) is 9.13. The van der Waals surface area contributed by atoms with E-state index in [2.05, 4.69) is 0 Å². The first-order chi connectivity index (χ1) is 7.47. The minimum absolute atomic E-state index is 0.175. The molecule has 1 saturated carbocycles. The Morgan fingerprint density at radius 2 is 2.06 bits per heavy atom. The highest BCUT2D eigenvalue weighted by molar-refractivity contribution is 5.78. The van der Waals surface area contributed by atoms with Gasteiger partial charge in [0.15, 0.2) is 0 Å². The van der Waals surface area contributed by atoms with Crippen LogP contribution in [0.15, 0.2) is 24.3 Å². The molecule has 2 aliphatic carbocycles. The number of rotatable bonds is 1. The lowest BCUT2D eigenvalue weighted by molar-refractivity contribution is -0.139. The van der Waals surface area contributed by atoms with Crippen LogP contribution in [-0.2, 0) is 15.7 Å². The largest absolute Gasteiger partial charge is 0.481 e. The average Bonchev–Trinajstić information content (AvgIpc) is 2.87. The van der Waals surface area contributed by atoms with Gasteiger partial charge in [0.2, 0.25) is 0 Å². The lowest BCUT2D eigenvalue weighted by Gasteiger charge is -2.19. The number of benzene rings is 1. The van der Waals surface area contributed by atoms with Crippen LogP contribution in [0.2, 0.25) is 0 Å². The van der Waals surface area contributed by atoms with Crippen molar-refractivity contribution in [2.24, 2.45) is 11.7 Å². The SMILES string of the molecule is CC1(N)CC2(CC2C(=O)O)c2ccccc21. The predicted molar refractivity (Wildman–Crippen MR) is 60.0 cm³/mol. The maximum Gasteiger partial charge on any atom is 0.307 e. The molecule has 3 rings (SSSR count). The fraction of sp³-hybridized carbons (Fsp3) is 0.462. The second kappa shape index (κ2) is 2.66. The van der Waals surface area contributed by atoms with Gasteiger partial charge in [-0.05, 0) is 30.9 Å². The molecule has 0 amide bonds. The van der Waals surface area contributed by atoms with E-state index in [0.717, 1.165) is 24.0 Å². The first-order valence-electron chi connectivity index (χ1n) is 5.59. The molecule has 1 aromatic rings. The molecule has 0 radical (unpaired) electrons. The van der Waals surface area contributed by atoms with E-state index in [-0.39, 0.29) is 16.9 Å². The van der Waals surface area contributed by atoms with Crippen LogP contribution in [0.5, 0.6) is 0 Å². The molecule has 0 bridgehead atoms. The van der Waals surface area contributed by atoms with E-state index in [9.17, 15) is 4.79 Å². The second-order valence-corrected chi connectivity index (χ2v) is 5.39. The van der Waals surface area contributed by atoms with Gasteiger partial charge in [-0.15, -0.1) is 0 Å². The first kappa shape index (κ1) is 9.85. The third-order valence-electron chi connectivity index (χ3n) is 4.13. The summed E-state index contributed by atoms with van der Waals surface area (Å²) >= 11 is 0. The monoisotopic (exact) mass is 217 g/mol. The molecular weight excluding hydrogens is 202 g/mol. The van der Waals surface area contributed by atoms with Crippen molar-refractivity contribution in [3.05, 3.63) is 35.4 Å². The minimum atomic E-state index is -0.687. The minimum Gasteiger partial charge on any atom is -0.481 e. The summed E-state index contributed by atoms with van der Waals surface area (Å²) in [6.45, 7) is 2.00. The number of nitrogens with two attached hydrogens (primary N) is 1. The van der Waals surface area contributed by atoms with Gasteiger partial charge >= 0.3 is 5.97 Å². The Hall–Kier alpha value is -1.35. The van der Waals surface area contributed by atoms with Gasteiger partial charge in [0.1, 0.15) is 0 Å². The molecule has 16 heavy (non-hydrogen) atoms. The molecule has 3 heteroatoms. The molecule has 3 unspecified atom stereocenters. The number of aliphatic carboxylic acids is 1. The number of carboxylic acids is 1. The molecular formula is C13H15NO2. The van der Waals surface area contributed by atoms with Gasteiger partial charge in [0, 0.05) is 11.0 Å². The Balaban J connectivity index is 2.12. The predicted octanol–water partition coefficient (Wildman–Crippen LogP) is 1.61. The van der Waals surface area contributed by atoms with Crippen molar-refractivity contribution >= 4 is 5.97 Å². The van der Waals surface area contributed by atoms with Crippen molar-refractivity contribution in [3.8, 4) is 0 Å². The fourth-order valence-electron chi connectivity index (χ4n) is 3.38. The van der Waals surface area contributed by atoms with Crippen LogP contribution in [0.1, 0.15) is 30.9 Å². The molecule has 1 aromatic carbocycles. The Morgan fingerprint density at radius 1 is 1.44 bits per heavy atom. The molecule has 2 aliphatic rings. The highest BCUT2D eigenvalue weighted by Crippen LogP contribution is 2.64. The van der Waals surface area contributed by atoms with Crippen LogP contribution in [-0.4, -0.2) is 11.1 Å². The molecule has 0 heterocycles. The van der Waals surface area contributed by atoms with Gasteiger partial charge in [-0.1, -0.05) is 24.3 Å². The average molecular weight is 217 g/mol. The Labute approximate surface area is 94.3 Å². The quantitative estimate of drug-likeness (QED) is 0.751. The van der Waals surface area contributed by atoms with Gasteiger partial charge in [-0.2, -0.15) is 0 Å². The molecule has 84 valence electrons. The molecule has 1 spiro atoms. The lowest BCUT2D eigenvalue weighted by atomic mass is 9.93. The van der Waals surface area contributed by atoms with E-state index in [1.165, 1.54) is 0 Å². The first-order valence-corrected chi connectivity index (χ1v) is 5.59. The van der Waals surface area contributed by atoms with Crippen molar-refractivity contribution in [3.63, 3.8) is 0 Å². The smallest absolute Gasteiger partial charge is 0.307 e. The van der Waals surface area contributed by atoms with Crippen molar-refractivity contribution in [2.45, 2.75) is 30.7 Å². The van der Waals surface area contributed by atoms with Crippen LogP contribution < -0.4 is 5.73 Å².